The molecule has 4 aromatic rings. The van der Waals surface area contributed by atoms with Gasteiger partial charge in [0.15, 0.2) is 0 Å². The lowest BCUT2D eigenvalue weighted by Crippen LogP contribution is -2.37. The van der Waals surface area contributed by atoms with Crippen LogP contribution in [0.25, 0.3) is 11.4 Å². The number of Topliss-reactive ketones (excluding diaryl/α,β-unsaturated/α-hetero) is 1. The van der Waals surface area contributed by atoms with Gasteiger partial charge in [0, 0.05) is 44.4 Å². The molecule has 2 heterocycles. The number of benzene rings is 2. The van der Waals surface area contributed by atoms with Crippen LogP contribution in [0.5, 0.6) is 11.5 Å². The van der Waals surface area contributed by atoms with E-state index < -0.39 is 11.9 Å². The van der Waals surface area contributed by atoms with Crippen molar-refractivity contribution in [1.29, 1.82) is 0 Å². The number of amides is 1. The van der Waals surface area contributed by atoms with Gasteiger partial charge in [-0.25, -0.2) is 4.39 Å². The predicted molar refractivity (Wildman–Crippen MR) is 172 cm³/mol. The Kier molecular flexibility index (Phi) is 12.3. The molecule has 0 aliphatic heterocycles. The molecule has 11 nitrogen and oxygen atoms in total. The molecule has 0 fully saturated rings. The maximum atomic E-state index is 14.0. The number of aryl methyl sites for hydroxylation is 1. The third-order valence-corrected chi connectivity index (χ3v) is 7.20. The van der Waals surface area contributed by atoms with Crippen molar-refractivity contribution in [2.75, 3.05) is 40.4 Å². The number of aromatic nitrogens is 2. The summed E-state index contributed by atoms with van der Waals surface area (Å²) in [5.74, 6) is -0.624. The standard InChI is InChI=1S/C35H37FN4O7/c1-23-5-10-30(36)25(15-23)17-27(41)16-24-6-8-28(9-7-24)47-29-11-13-37-32(19-29)31-18-26(20-39-31)35(44)38-12-4-14-40(21-33(42)45-2)22-34(43)46-3/h5-11,13,15,18-20,39H,4,12,14,16-17,21-22H2,1-3H3,(H,38,44). The molecule has 246 valence electrons. The van der Waals surface area contributed by atoms with Crippen molar-refractivity contribution < 1.29 is 37.8 Å². The number of hydrogen-bond donors (Lipinski definition) is 2. The largest absolute Gasteiger partial charge is 0.468 e. The minimum Gasteiger partial charge on any atom is -0.468 e. The Morgan fingerprint density at radius 1 is 0.894 bits per heavy atom. The number of hydrogen-bond acceptors (Lipinski definition) is 9. The molecule has 0 saturated heterocycles. The van der Waals surface area contributed by atoms with Crippen LogP contribution in [0.2, 0.25) is 0 Å². The van der Waals surface area contributed by atoms with Crippen LogP contribution >= 0.6 is 0 Å². The second-order valence-corrected chi connectivity index (χ2v) is 10.9. The van der Waals surface area contributed by atoms with Gasteiger partial charge in [0.2, 0.25) is 0 Å². The highest BCUT2D eigenvalue weighted by atomic mass is 19.1. The number of ether oxygens (including phenoxy) is 3. The van der Waals surface area contributed by atoms with Gasteiger partial charge >= 0.3 is 11.9 Å². The van der Waals surface area contributed by atoms with Gasteiger partial charge in [-0.05, 0) is 54.8 Å². The number of pyridine rings is 1. The lowest BCUT2D eigenvalue weighted by atomic mass is 10.0. The molecule has 0 aliphatic carbocycles. The maximum absolute atomic E-state index is 14.0. The molecular weight excluding hydrogens is 607 g/mol. The zero-order valence-corrected chi connectivity index (χ0v) is 26.5. The number of methoxy groups -OCH3 is 2. The summed E-state index contributed by atoms with van der Waals surface area (Å²) in [4.78, 5) is 57.6. The van der Waals surface area contributed by atoms with Gasteiger partial charge in [0.1, 0.15) is 23.1 Å². The number of carbonyl (C=O) groups is 4. The number of H-pyrrole nitrogens is 1. The summed E-state index contributed by atoms with van der Waals surface area (Å²) in [6.45, 7) is 2.41. The Labute approximate surface area is 272 Å². The molecule has 2 aromatic carbocycles. The summed E-state index contributed by atoms with van der Waals surface area (Å²) >= 11 is 0. The molecule has 12 heteroatoms. The molecule has 0 aliphatic rings. The number of nitrogens with one attached hydrogen (secondary N) is 2. The summed E-state index contributed by atoms with van der Waals surface area (Å²) in [6.07, 6.45) is 3.87. The molecule has 0 radical (unpaired) electrons. The molecule has 1 amide bonds. The number of carbonyl (C=O) groups excluding carboxylic acids is 4. The normalized spacial score (nSPS) is 10.8. The van der Waals surface area contributed by atoms with Crippen molar-refractivity contribution >= 4 is 23.6 Å². The molecule has 0 unspecified atom stereocenters. The van der Waals surface area contributed by atoms with Gasteiger partial charge in [-0.1, -0.05) is 29.8 Å². The summed E-state index contributed by atoms with van der Waals surface area (Å²) in [5.41, 5.74) is 3.68. The van der Waals surface area contributed by atoms with Crippen LogP contribution in [-0.2, 0) is 36.7 Å². The van der Waals surface area contributed by atoms with E-state index in [9.17, 15) is 23.6 Å². The van der Waals surface area contributed by atoms with Crippen LogP contribution < -0.4 is 10.1 Å². The van der Waals surface area contributed by atoms with Crippen molar-refractivity contribution in [3.05, 3.63) is 101 Å². The Bertz CT molecular complexity index is 1690. The first-order valence-electron chi connectivity index (χ1n) is 15.0. The molecule has 0 saturated carbocycles. The van der Waals surface area contributed by atoms with Crippen LogP contribution in [-0.4, -0.2) is 78.9 Å². The van der Waals surface area contributed by atoms with E-state index in [-0.39, 0.29) is 43.4 Å². The highest BCUT2D eigenvalue weighted by molar-refractivity contribution is 5.95. The van der Waals surface area contributed by atoms with E-state index in [2.05, 4.69) is 24.8 Å². The van der Waals surface area contributed by atoms with E-state index >= 15 is 0 Å². The Morgan fingerprint density at radius 2 is 1.62 bits per heavy atom. The fourth-order valence-electron chi connectivity index (χ4n) is 4.76. The van der Waals surface area contributed by atoms with E-state index in [4.69, 9.17) is 4.74 Å². The smallest absolute Gasteiger partial charge is 0.319 e. The van der Waals surface area contributed by atoms with Crippen molar-refractivity contribution in [3.8, 4) is 22.9 Å². The SMILES string of the molecule is COC(=O)CN(CCCNC(=O)c1c[nH]c(-c2cc(Oc3ccc(CC(=O)Cc4cc(C)ccc4F)cc3)ccn2)c1)CC(=O)OC. The van der Waals surface area contributed by atoms with E-state index in [1.165, 1.54) is 20.3 Å². The first-order valence-corrected chi connectivity index (χ1v) is 15.0. The van der Waals surface area contributed by atoms with E-state index in [0.29, 0.717) is 53.5 Å². The Morgan fingerprint density at radius 3 is 2.32 bits per heavy atom. The average molecular weight is 645 g/mol. The minimum atomic E-state index is -0.476. The average Bonchev–Trinajstić information content (AvgIpc) is 3.56. The Hall–Kier alpha value is -5.36. The first kappa shape index (κ1) is 34.5. The zero-order valence-electron chi connectivity index (χ0n) is 26.5. The van der Waals surface area contributed by atoms with Crippen LogP contribution in [0.1, 0.15) is 33.5 Å². The van der Waals surface area contributed by atoms with Gasteiger partial charge in [0.25, 0.3) is 5.91 Å². The molecule has 4 rings (SSSR count). The summed E-state index contributed by atoms with van der Waals surface area (Å²) in [6, 6.07) is 17.0. The first-order chi connectivity index (χ1) is 22.6. The molecular formula is C35H37FN4O7. The molecule has 2 N–H and O–H groups in total. The maximum Gasteiger partial charge on any atom is 0.319 e. The highest BCUT2D eigenvalue weighted by Gasteiger charge is 2.16. The number of ketones is 1. The van der Waals surface area contributed by atoms with Crippen LogP contribution in [0.4, 0.5) is 4.39 Å². The number of aromatic amines is 1. The zero-order chi connectivity index (χ0) is 33.8. The molecule has 0 atom stereocenters. The number of halogens is 1. The third-order valence-electron chi connectivity index (χ3n) is 7.20. The number of esters is 2. The fourth-order valence-corrected chi connectivity index (χ4v) is 4.76. The highest BCUT2D eigenvalue weighted by Crippen LogP contribution is 2.26. The Balaban J connectivity index is 1.28. The van der Waals surface area contributed by atoms with Gasteiger partial charge in [-0.2, -0.15) is 0 Å². The molecule has 47 heavy (non-hydrogen) atoms. The second-order valence-electron chi connectivity index (χ2n) is 10.9. The topological polar surface area (TPSA) is 140 Å². The summed E-state index contributed by atoms with van der Waals surface area (Å²) < 4.78 is 29.4. The summed E-state index contributed by atoms with van der Waals surface area (Å²) in [7, 11) is 2.54. The van der Waals surface area contributed by atoms with Crippen LogP contribution in [0.15, 0.2) is 73.1 Å². The van der Waals surface area contributed by atoms with Gasteiger partial charge in [-0.3, -0.25) is 29.1 Å². The fraction of sp³-hybridized carbons (Fsp3) is 0.286. The number of rotatable bonds is 16. The lowest BCUT2D eigenvalue weighted by molar-refractivity contribution is -0.145. The van der Waals surface area contributed by atoms with Crippen molar-refractivity contribution in [3.63, 3.8) is 0 Å². The molecule has 0 spiro atoms. The number of nitrogens with zero attached hydrogens (tertiary/aromatic N) is 2. The van der Waals surface area contributed by atoms with E-state index in [1.807, 2.05) is 6.92 Å². The predicted octanol–water partition coefficient (Wildman–Crippen LogP) is 4.44. The van der Waals surface area contributed by atoms with Crippen LogP contribution in [0, 0.1) is 12.7 Å². The quantitative estimate of drug-likeness (QED) is 0.134. The molecule has 2 aromatic heterocycles. The van der Waals surface area contributed by atoms with Crippen molar-refractivity contribution in [2.45, 2.75) is 26.2 Å². The van der Waals surface area contributed by atoms with Crippen LogP contribution in [0.3, 0.4) is 0 Å². The second kappa shape index (κ2) is 16.8. The third kappa shape index (κ3) is 10.6. The van der Waals surface area contributed by atoms with Crippen molar-refractivity contribution in [2.24, 2.45) is 0 Å². The van der Waals surface area contributed by atoms with E-state index in [0.717, 1.165) is 11.1 Å². The van der Waals surface area contributed by atoms with Crippen molar-refractivity contribution in [1.82, 2.24) is 20.2 Å². The summed E-state index contributed by atoms with van der Waals surface area (Å²) in [5, 5.41) is 2.83. The van der Waals surface area contributed by atoms with E-state index in [1.54, 1.807) is 71.9 Å². The van der Waals surface area contributed by atoms with Gasteiger partial charge in [0.05, 0.1) is 44.3 Å². The molecule has 0 bridgehead atoms. The minimum absolute atomic E-state index is 0.0311. The lowest BCUT2D eigenvalue weighted by Gasteiger charge is -2.19. The van der Waals surface area contributed by atoms with Gasteiger partial charge in [-0.15, -0.1) is 0 Å². The van der Waals surface area contributed by atoms with Gasteiger partial charge < -0.3 is 24.5 Å². The monoisotopic (exact) mass is 644 g/mol.